The Balaban J connectivity index is 1.78. The molecule has 0 radical (unpaired) electrons. The number of nitrogens with one attached hydrogen (secondary N) is 1. The van der Waals surface area contributed by atoms with Gasteiger partial charge in [-0.15, -0.1) is 0 Å². The van der Waals surface area contributed by atoms with Crippen LogP contribution in [0.4, 0.5) is 0 Å². The number of hydrogen-bond acceptors (Lipinski definition) is 3. The van der Waals surface area contributed by atoms with Crippen molar-refractivity contribution in [2.75, 3.05) is 0 Å². The molecule has 5 aromatic rings. The maximum atomic E-state index is 13.1. The van der Waals surface area contributed by atoms with Crippen molar-refractivity contribution in [1.29, 1.82) is 0 Å². The van der Waals surface area contributed by atoms with Crippen LogP contribution in [0.25, 0.3) is 38.8 Å². The van der Waals surface area contributed by atoms with Gasteiger partial charge in [-0.2, -0.15) is 0 Å². The number of nitrogens with zero attached hydrogens (tertiary/aromatic N) is 2. The first kappa shape index (κ1) is 16.2. The number of fused-ring (bicyclic) bond motifs is 2. The summed E-state index contributed by atoms with van der Waals surface area (Å²) >= 11 is 0. The van der Waals surface area contributed by atoms with Gasteiger partial charge in [-0.25, -0.2) is 14.3 Å². The minimum atomic E-state index is -0.508. The third-order valence-electron chi connectivity index (χ3n) is 4.83. The zero-order valence-corrected chi connectivity index (χ0v) is 14.8. The molecular formula is C23H15N3O2. The highest BCUT2D eigenvalue weighted by atomic mass is 16.2. The van der Waals surface area contributed by atoms with Gasteiger partial charge in [0.2, 0.25) is 0 Å². The van der Waals surface area contributed by atoms with E-state index in [0.717, 1.165) is 16.3 Å². The number of pyridine rings is 1. The molecule has 0 saturated carbocycles. The molecule has 5 rings (SSSR count). The number of benzene rings is 3. The largest absolute Gasteiger partial charge is 0.334 e. The van der Waals surface area contributed by atoms with Gasteiger partial charge in [0.1, 0.15) is 5.65 Å². The van der Waals surface area contributed by atoms with Crippen molar-refractivity contribution >= 4 is 21.8 Å². The summed E-state index contributed by atoms with van der Waals surface area (Å²) in [5.74, 6) is 0. The van der Waals surface area contributed by atoms with Crippen molar-refractivity contribution in [1.82, 2.24) is 14.5 Å². The molecule has 0 aliphatic rings. The van der Waals surface area contributed by atoms with E-state index >= 15 is 0 Å². The van der Waals surface area contributed by atoms with Crippen LogP contribution in [-0.4, -0.2) is 14.5 Å². The Hall–Kier alpha value is -3.99. The Labute approximate surface area is 159 Å². The highest BCUT2D eigenvalue weighted by Crippen LogP contribution is 2.21. The van der Waals surface area contributed by atoms with Crippen LogP contribution >= 0.6 is 0 Å². The fourth-order valence-corrected chi connectivity index (χ4v) is 3.49. The molecule has 28 heavy (non-hydrogen) atoms. The van der Waals surface area contributed by atoms with Crippen molar-refractivity contribution in [2.45, 2.75) is 0 Å². The molecule has 3 aromatic carbocycles. The van der Waals surface area contributed by atoms with E-state index in [-0.39, 0.29) is 11.2 Å². The van der Waals surface area contributed by atoms with E-state index in [1.54, 1.807) is 18.2 Å². The first-order valence-electron chi connectivity index (χ1n) is 8.92. The summed E-state index contributed by atoms with van der Waals surface area (Å²) in [6.45, 7) is 0. The molecule has 5 heteroatoms. The smallest absolute Gasteiger partial charge is 0.291 e. The highest BCUT2D eigenvalue weighted by molar-refractivity contribution is 5.90. The van der Waals surface area contributed by atoms with Crippen molar-refractivity contribution in [2.24, 2.45) is 0 Å². The summed E-state index contributed by atoms with van der Waals surface area (Å²) in [6.07, 6.45) is 0. The van der Waals surface area contributed by atoms with E-state index in [9.17, 15) is 9.59 Å². The molecular weight excluding hydrogens is 350 g/mol. The molecule has 134 valence electrons. The summed E-state index contributed by atoms with van der Waals surface area (Å²) in [5, 5.41) is 2.17. The summed E-state index contributed by atoms with van der Waals surface area (Å²) in [6, 6.07) is 26.4. The Morgan fingerprint density at radius 1 is 0.714 bits per heavy atom. The highest BCUT2D eigenvalue weighted by Gasteiger charge is 2.13. The van der Waals surface area contributed by atoms with Crippen molar-refractivity contribution in [3.8, 4) is 16.9 Å². The summed E-state index contributed by atoms with van der Waals surface area (Å²) in [7, 11) is 0. The zero-order valence-electron chi connectivity index (χ0n) is 14.8. The summed E-state index contributed by atoms with van der Waals surface area (Å²) in [5.41, 5.74) is 1.56. The lowest BCUT2D eigenvalue weighted by Crippen LogP contribution is -2.34. The van der Waals surface area contributed by atoms with E-state index in [1.165, 1.54) is 4.57 Å². The first-order valence-corrected chi connectivity index (χ1v) is 8.92. The Morgan fingerprint density at radius 2 is 1.46 bits per heavy atom. The fraction of sp³-hybridized carbons (Fsp3) is 0. The van der Waals surface area contributed by atoms with Crippen LogP contribution in [0.3, 0.4) is 0 Å². The summed E-state index contributed by atoms with van der Waals surface area (Å²) in [4.78, 5) is 33.2. The minimum Gasteiger partial charge on any atom is -0.291 e. The number of rotatable bonds is 2. The van der Waals surface area contributed by atoms with Gasteiger partial charge in [-0.3, -0.25) is 9.78 Å². The Bertz CT molecular complexity index is 1440. The predicted octanol–water partition coefficient (Wildman–Crippen LogP) is 3.89. The van der Waals surface area contributed by atoms with Gasteiger partial charge < -0.3 is 0 Å². The maximum absolute atomic E-state index is 13.1. The van der Waals surface area contributed by atoms with Crippen molar-refractivity contribution in [3.05, 3.63) is 106 Å². The van der Waals surface area contributed by atoms with Gasteiger partial charge in [0.25, 0.3) is 5.56 Å². The standard InChI is InChI=1S/C23H15N3O2/c27-22-18-13-14-19(16-8-2-1-3-9-16)24-21(18)25-23(28)26(22)20-12-6-10-15-7-4-5-11-17(15)20/h1-14H,(H,24,25,28). The SMILES string of the molecule is O=c1[nH]c2nc(-c3ccccc3)ccc2c(=O)n1-c1cccc2ccccc12. The number of H-pyrrole nitrogens is 1. The quantitative estimate of drug-likeness (QED) is 0.516. The number of hydrogen-bond donors (Lipinski definition) is 1. The van der Waals surface area contributed by atoms with E-state index in [0.29, 0.717) is 16.8 Å². The van der Waals surface area contributed by atoms with E-state index in [4.69, 9.17) is 0 Å². The monoisotopic (exact) mass is 365 g/mol. The maximum Gasteiger partial charge on any atom is 0.334 e. The van der Waals surface area contributed by atoms with Gasteiger partial charge in [-0.1, -0.05) is 66.7 Å². The topological polar surface area (TPSA) is 67.8 Å². The van der Waals surface area contributed by atoms with Gasteiger partial charge in [-0.05, 0) is 23.6 Å². The average Bonchev–Trinajstić information content (AvgIpc) is 2.74. The van der Waals surface area contributed by atoms with Crippen LogP contribution in [0.1, 0.15) is 0 Å². The molecule has 0 atom stereocenters. The van der Waals surface area contributed by atoms with Crippen LogP contribution < -0.4 is 11.2 Å². The van der Waals surface area contributed by atoms with Crippen LogP contribution in [0.5, 0.6) is 0 Å². The third kappa shape index (κ3) is 2.53. The fourth-order valence-electron chi connectivity index (χ4n) is 3.49. The van der Waals surface area contributed by atoms with Crippen molar-refractivity contribution < 1.29 is 0 Å². The molecule has 1 N–H and O–H groups in total. The molecule has 0 spiro atoms. The lowest BCUT2D eigenvalue weighted by atomic mass is 10.1. The molecule has 0 unspecified atom stereocenters. The second-order valence-electron chi connectivity index (χ2n) is 6.53. The van der Waals surface area contributed by atoms with Gasteiger partial charge in [0, 0.05) is 10.9 Å². The lowest BCUT2D eigenvalue weighted by Gasteiger charge is -2.10. The molecule has 0 aliphatic carbocycles. The minimum absolute atomic E-state index is 0.285. The van der Waals surface area contributed by atoms with Crippen LogP contribution in [0, 0.1) is 0 Å². The molecule has 0 saturated heterocycles. The van der Waals surface area contributed by atoms with E-state index < -0.39 is 5.69 Å². The molecule has 0 aliphatic heterocycles. The van der Waals surface area contributed by atoms with Gasteiger partial charge in [0.05, 0.1) is 16.8 Å². The Morgan fingerprint density at radius 3 is 2.32 bits per heavy atom. The van der Waals surface area contributed by atoms with Gasteiger partial charge >= 0.3 is 5.69 Å². The predicted molar refractivity (Wildman–Crippen MR) is 111 cm³/mol. The molecule has 0 amide bonds. The second-order valence-corrected chi connectivity index (χ2v) is 6.53. The number of aromatic nitrogens is 3. The molecule has 2 aromatic heterocycles. The van der Waals surface area contributed by atoms with Crippen molar-refractivity contribution in [3.63, 3.8) is 0 Å². The molecule has 2 heterocycles. The van der Waals surface area contributed by atoms with Crippen LogP contribution in [0.15, 0.2) is 94.5 Å². The van der Waals surface area contributed by atoms with Crippen LogP contribution in [0.2, 0.25) is 0 Å². The van der Waals surface area contributed by atoms with E-state index in [2.05, 4.69) is 9.97 Å². The third-order valence-corrected chi connectivity index (χ3v) is 4.83. The summed E-state index contributed by atoms with van der Waals surface area (Å²) < 4.78 is 1.18. The zero-order chi connectivity index (χ0) is 19.1. The molecule has 0 bridgehead atoms. The molecule has 5 nitrogen and oxygen atoms in total. The van der Waals surface area contributed by atoms with E-state index in [1.807, 2.05) is 66.7 Å². The van der Waals surface area contributed by atoms with Gasteiger partial charge in [0.15, 0.2) is 0 Å². The lowest BCUT2D eigenvalue weighted by molar-refractivity contribution is 0.902. The molecule has 0 fully saturated rings. The normalized spacial score (nSPS) is 11.1. The second kappa shape index (κ2) is 6.32. The first-order chi connectivity index (χ1) is 13.7. The Kier molecular flexibility index (Phi) is 3.66. The number of aromatic amines is 1. The van der Waals surface area contributed by atoms with Crippen LogP contribution in [-0.2, 0) is 0 Å². The average molecular weight is 365 g/mol.